The van der Waals surface area contributed by atoms with Crippen LogP contribution in [0, 0.1) is 0 Å². The number of carbonyl (C=O) groups excluding carboxylic acids is 2. The minimum Gasteiger partial charge on any atom is -0.372 e. The van der Waals surface area contributed by atoms with E-state index in [-0.39, 0.29) is 36.3 Å². The molecule has 1 fully saturated rings. The van der Waals surface area contributed by atoms with Crippen LogP contribution in [-0.4, -0.2) is 68.7 Å². The van der Waals surface area contributed by atoms with E-state index in [9.17, 15) is 18.0 Å². The fourth-order valence-corrected chi connectivity index (χ4v) is 3.89. The highest BCUT2D eigenvalue weighted by Gasteiger charge is 2.30. The van der Waals surface area contributed by atoms with E-state index < -0.39 is 10.0 Å². The molecule has 0 N–H and O–H groups in total. The standard InChI is InChI=1S/C16H22N2O5S/c1-3-23-12-16(20)17-8-10-18(11-9-17)24(21,22)15-6-4-14(5-7-15)13(2)19/h4-7H,3,8-12H2,1-2H3. The van der Waals surface area contributed by atoms with Crippen LogP contribution in [0.1, 0.15) is 24.2 Å². The average Bonchev–Trinajstić information content (AvgIpc) is 2.59. The quantitative estimate of drug-likeness (QED) is 0.704. The highest BCUT2D eigenvalue weighted by molar-refractivity contribution is 7.89. The van der Waals surface area contributed by atoms with Gasteiger partial charge in [0.2, 0.25) is 15.9 Å². The zero-order valence-corrected chi connectivity index (χ0v) is 14.7. The Morgan fingerprint density at radius 2 is 1.67 bits per heavy atom. The number of sulfonamides is 1. The van der Waals surface area contributed by atoms with Crippen LogP contribution in [-0.2, 0) is 19.6 Å². The van der Waals surface area contributed by atoms with E-state index in [1.165, 1.54) is 35.5 Å². The van der Waals surface area contributed by atoms with Gasteiger partial charge < -0.3 is 9.64 Å². The van der Waals surface area contributed by atoms with Crippen LogP contribution in [0.25, 0.3) is 0 Å². The van der Waals surface area contributed by atoms with Crippen LogP contribution in [0.5, 0.6) is 0 Å². The van der Waals surface area contributed by atoms with Crippen LogP contribution in [0.4, 0.5) is 0 Å². The Morgan fingerprint density at radius 3 is 2.17 bits per heavy atom. The van der Waals surface area contributed by atoms with E-state index in [0.717, 1.165) is 0 Å². The molecule has 1 aromatic carbocycles. The fourth-order valence-electron chi connectivity index (χ4n) is 2.47. The zero-order valence-electron chi connectivity index (χ0n) is 13.9. The van der Waals surface area contributed by atoms with E-state index in [2.05, 4.69) is 0 Å². The van der Waals surface area contributed by atoms with E-state index >= 15 is 0 Å². The van der Waals surface area contributed by atoms with Gasteiger partial charge in [0.05, 0.1) is 4.90 Å². The second-order valence-corrected chi connectivity index (χ2v) is 7.44. The summed E-state index contributed by atoms with van der Waals surface area (Å²) in [5.41, 5.74) is 0.472. The summed E-state index contributed by atoms with van der Waals surface area (Å²) in [7, 11) is -3.62. The van der Waals surface area contributed by atoms with Crippen molar-refractivity contribution in [3.8, 4) is 0 Å². The number of Topliss-reactive ketones (excluding diaryl/α,β-unsaturated/α-hetero) is 1. The summed E-state index contributed by atoms with van der Waals surface area (Å²) in [4.78, 5) is 24.9. The van der Waals surface area contributed by atoms with E-state index in [1.807, 2.05) is 6.92 Å². The zero-order chi connectivity index (χ0) is 17.7. The first-order chi connectivity index (χ1) is 11.4. The van der Waals surface area contributed by atoms with Crippen molar-refractivity contribution >= 4 is 21.7 Å². The molecule has 0 unspecified atom stereocenters. The average molecular weight is 354 g/mol. The van der Waals surface area contributed by atoms with Gasteiger partial charge in [0.25, 0.3) is 0 Å². The molecule has 2 rings (SSSR count). The first kappa shape index (κ1) is 18.6. The van der Waals surface area contributed by atoms with E-state index in [0.29, 0.717) is 25.3 Å². The Morgan fingerprint density at radius 1 is 1.08 bits per heavy atom. The number of nitrogens with zero attached hydrogens (tertiary/aromatic N) is 2. The maximum absolute atomic E-state index is 12.6. The molecular weight excluding hydrogens is 332 g/mol. The largest absolute Gasteiger partial charge is 0.372 e. The van der Waals surface area contributed by atoms with Gasteiger partial charge in [0, 0.05) is 38.3 Å². The fraction of sp³-hybridized carbons (Fsp3) is 0.500. The number of ether oxygens (including phenoxy) is 1. The first-order valence-corrected chi connectivity index (χ1v) is 9.27. The van der Waals surface area contributed by atoms with Crippen molar-refractivity contribution in [1.29, 1.82) is 0 Å². The van der Waals surface area contributed by atoms with Gasteiger partial charge in [0.1, 0.15) is 6.61 Å². The van der Waals surface area contributed by atoms with Crippen LogP contribution in [0.3, 0.4) is 0 Å². The lowest BCUT2D eigenvalue weighted by atomic mass is 10.2. The molecular formula is C16H22N2O5S. The number of piperazine rings is 1. The molecule has 0 atom stereocenters. The minimum atomic E-state index is -3.62. The number of benzene rings is 1. The van der Waals surface area contributed by atoms with Gasteiger partial charge in [-0.2, -0.15) is 4.31 Å². The van der Waals surface area contributed by atoms with Crippen LogP contribution in [0.15, 0.2) is 29.2 Å². The molecule has 0 saturated carbocycles. The van der Waals surface area contributed by atoms with Gasteiger partial charge in [-0.25, -0.2) is 8.42 Å². The predicted molar refractivity (Wildman–Crippen MR) is 88.3 cm³/mol. The monoisotopic (exact) mass is 354 g/mol. The van der Waals surface area contributed by atoms with Gasteiger partial charge in [0.15, 0.2) is 5.78 Å². The first-order valence-electron chi connectivity index (χ1n) is 7.83. The molecule has 1 heterocycles. The third-order valence-electron chi connectivity index (χ3n) is 3.92. The Bertz CT molecular complexity index is 692. The highest BCUT2D eigenvalue weighted by Crippen LogP contribution is 2.18. The second-order valence-electron chi connectivity index (χ2n) is 5.50. The topological polar surface area (TPSA) is 84.0 Å². The van der Waals surface area contributed by atoms with Crippen LogP contribution in [0.2, 0.25) is 0 Å². The summed E-state index contributed by atoms with van der Waals surface area (Å²) in [5.74, 6) is -0.236. The SMILES string of the molecule is CCOCC(=O)N1CCN(S(=O)(=O)c2ccc(C(C)=O)cc2)CC1. The maximum atomic E-state index is 12.6. The van der Waals surface area contributed by atoms with Crippen molar-refractivity contribution in [3.05, 3.63) is 29.8 Å². The molecule has 7 nitrogen and oxygen atoms in total. The Balaban J connectivity index is 2.02. The van der Waals surface area contributed by atoms with Crippen molar-refractivity contribution in [2.24, 2.45) is 0 Å². The Labute approximate surface area is 142 Å². The molecule has 0 radical (unpaired) electrons. The molecule has 1 aliphatic rings. The third-order valence-corrected chi connectivity index (χ3v) is 5.83. The number of hydrogen-bond donors (Lipinski definition) is 0. The number of rotatable bonds is 6. The second kappa shape index (κ2) is 7.87. The number of ketones is 1. The summed E-state index contributed by atoms with van der Waals surface area (Å²) >= 11 is 0. The Kier molecular flexibility index (Phi) is 6.09. The predicted octanol–water partition coefficient (Wildman–Crippen LogP) is 0.759. The normalized spacial score (nSPS) is 16.2. The lowest BCUT2D eigenvalue weighted by Crippen LogP contribution is -2.51. The van der Waals surface area contributed by atoms with Crippen molar-refractivity contribution < 1.29 is 22.7 Å². The molecule has 8 heteroatoms. The summed E-state index contributed by atoms with van der Waals surface area (Å²) in [6.45, 7) is 4.92. The van der Waals surface area contributed by atoms with Crippen molar-refractivity contribution in [2.75, 3.05) is 39.4 Å². The van der Waals surface area contributed by atoms with Crippen LogP contribution < -0.4 is 0 Å². The molecule has 24 heavy (non-hydrogen) atoms. The van der Waals surface area contributed by atoms with E-state index in [1.54, 1.807) is 4.90 Å². The summed E-state index contributed by atoms with van der Waals surface area (Å²) in [6.07, 6.45) is 0. The minimum absolute atomic E-state index is 0.0236. The molecule has 1 aliphatic heterocycles. The van der Waals surface area contributed by atoms with Gasteiger partial charge in [-0.15, -0.1) is 0 Å². The smallest absolute Gasteiger partial charge is 0.248 e. The van der Waals surface area contributed by atoms with Gasteiger partial charge in [-0.05, 0) is 26.0 Å². The molecule has 132 valence electrons. The molecule has 1 amide bonds. The Hall–Kier alpha value is -1.77. The number of carbonyl (C=O) groups is 2. The molecule has 0 bridgehead atoms. The lowest BCUT2D eigenvalue weighted by molar-refractivity contribution is -0.137. The number of amides is 1. The van der Waals surface area contributed by atoms with E-state index in [4.69, 9.17) is 4.74 Å². The third kappa shape index (κ3) is 4.19. The highest BCUT2D eigenvalue weighted by atomic mass is 32.2. The molecule has 1 aromatic rings. The summed E-state index contributed by atoms with van der Waals surface area (Å²) < 4.78 is 31.7. The van der Waals surface area contributed by atoms with Crippen LogP contribution >= 0.6 is 0 Å². The lowest BCUT2D eigenvalue weighted by Gasteiger charge is -2.34. The van der Waals surface area contributed by atoms with Crippen molar-refractivity contribution in [2.45, 2.75) is 18.7 Å². The van der Waals surface area contributed by atoms with Crippen molar-refractivity contribution in [3.63, 3.8) is 0 Å². The molecule has 0 spiro atoms. The maximum Gasteiger partial charge on any atom is 0.248 e. The summed E-state index contributed by atoms with van der Waals surface area (Å²) in [5, 5.41) is 0. The van der Waals surface area contributed by atoms with Gasteiger partial charge in [-0.3, -0.25) is 9.59 Å². The number of hydrogen-bond acceptors (Lipinski definition) is 5. The summed E-state index contributed by atoms with van der Waals surface area (Å²) in [6, 6.07) is 5.91. The van der Waals surface area contributed by atoms with Crippen molar-refractivity contribution in [1.82, 2.24) is 9.21 Å². The van der Waals surface area contributed by atoms with Gasteiger partial charge >= 0.3 is 0 Å². The molecule has 0 aromatic heterocycles. The van der Waals surface area contributed by atoms with Gasteiger partial charge in [-0.1, -0.05) is 12.1 Å². The molecule has 0 aliphatic carbocycles. The molecule has 1 saturated heterocycles.